The number of methoxy groups -OCH3 is 1. The van der Waals surface area contributed by atoms with E-state index in [0.717, 1.165) is 40.4 Å². The Bertz CT molecular complexity index is 1040. The highest BCUT2D eigenvalue weighted by Crippen LogP contribution is 2.33. The molecule has 3 aromatic rings. The predicted molar refractivity (Wildman–Crippen MR) is 120 cm³/mol. The van der Waals surface area contributed by atoms with Gasteiger partial charge < -0.3 is 14.0 Å². The Labute approximate surface area is 178 Å². The van der Waals surface area contributed by atoms with E-state index in [4.69, 9.17) is 9.47 Å². The molecule has 0 aliphatic rings. The van der Waals surface area contributed by atoms with Crippen molar-refractivity contribution >= 4 is 11.5 Å². The van der Waals surface area contributed by atoms with Crippen LogP contribution in [0.5, 0.6) is 5.75 Å². The summed E-state index contributed by atoms with van der Waals surface area (Å²) in [5, 5.41) is 0. The van der Waals surface area contributed by atoms with Crippen LogP contribution in [0.3, 0.4) is 0 Å². The number of rotatable bonds is 6. The standard InChI is InChI=1S/C25H28N2O3/c1-7-27-16-26-22(19-12-14-21(29-6)15-13-19)23(27)20-10-8-18(9-11-20)17(2)24(28)30-25(3,4)5/h8-16H,2,7H2,1,3-6H3. The molecule has 0 aliphatic heterocycles. The molecule has 156 valence electrons. The average molecular weight is 405 g/mol. The molecule has 5 nitrogen and oxygen atoms in total. The van der Waals surface area contributed by atoms with Gasteiger partial charge in [-0.25, -0.2) is 9.78 Å². The maximum absolute atomic E-state index is 12.3. The van der Waals surface area contributed by atoms with Crippen molar-refractivity contribution in [3.05, 3.63) is 67.0 Å². The molecule has 1 aromatic heterocycles. The van der Waals surface area contributed by atoms with Gasteiger partial charge in [-0.15, -0.1) is 0 Å². The lowest BCUT2D eigenvalue weighted by atomic mass is 10.0. The molecule has 0 saturated heterocycles. The van der Waals surface area contributed by atoms with E-state index in [1.807, 2.05) is 75.6 Å². The van der Waals surface area contributed by atoms with Crippen LogP contribution in [-0.4, -0.2) is 28.2 Å². The first-order valence-electron chi connectivity index (χ1n) is 9.96. The van der Waals surface area contributed by atoms with Gasteiger partial charge >= 0.3 is 5.97 Å². The normalized spacial score (nSPS) is 11.2. The summed E-state index contributed by atoms with van der Waals surface area (Å²) in [7, 11) is 1.65. The number of carbonyl (C=O) groups is 1. The number of carbonyl (C=O) groups excluding carboxylic acids is 1. The number of esters is 1. The molecule has 0 saturated carbocycles. The second-order valence-electron chi connectivity index (χ2n) is 8.01. The van der Waals surface area contributed by atoms with Crippen LogP contribution < -0.4 is 4.74 Å². The van der Waals surface area contributed by atoms with Gasteiger partial charge in [0.25, 0.3) is 0 Å². The van der Waals surface area contributed by atoms with Crippen LogP contribution in [0.2, 0.25) is 0 Å². The van der Waals surface area contributed by atoms with E-state index in [9.17, 15) is 4.79 Å². The second kappa shape index (κ2) is 8.57. The van der Waals surface area contributed by atoms with Crippen molar-refractivity contribution in [2.75, 3.05) is 7.11 Å². The molecule has 0 N–H and O–H groups in total. The Morgan fingerprint density at radius 1 is 1.03 bits per heavy atom. The van der Waals surface area contributed by atoms with Crippen LogP contribution in [0, 0.1) is 0 Å². The van der Waals surface area contributed by atoms with E-state index in [1.165, 1.54) is 0 Å². The fourth-order valence-corrected chi connectivity index (χ4v) is 3.17. The molecule has 30 heavy (non-hydrogen) atoms. The van der Waals surface area contributed by atoms with E-state index in [1.54, 1.807) is 7.11 Å². The minimum atomic E-state index is -0.555. The van der Waals surface area contributed by atoms with E-state index in [2.05, 4.69) is 23.1 Å². The number of hydrogen-bond donors (Lipinski definition) is 0. The fourth-order valence-electron chi connectivity index (χ4n) is 3.17. The van der Waals surface area contributed by atoms with Gasteiger partial charge in [-0.3, -0.25) is 0 Å². The van der Waals surface area contributed by atoms with Crippen LogP contribution in [0.25, 0.3) is 28.1 Å². The Kier molecular flexibility index (Phi) is 6.11. The van der Waals surface area contributed by atoms with Crippen molar-refractivity contribution in [2.45, 2.75) is 39.8 Å². The third kappa shape index (κ3) is 4.62. The quantitative estimate of drug-likeness (QED) is 0.396. The molecular formula is C25H28N2O3. The lowest BCUT2D eigenvalue weighted by Crippen LogP contribution is -2.24. The highest BCUT2D eigenvalue weighted by molar-refractivity contribution is 6.15. The minimum Gasteiger partial charge on any atom is -0.497 e. The largest absolute Gasteiger partial charge is 0.497 e. The Morgan fingerprint density at radius 2 is 1.63 bits per heavy atom. The smallest absolute Gasteiger partial charge is 0.338 e. The number of aromatic nitrogens is 2. The molecule has 3 rings (SSSR count). The Morgan fingerprint density at radius 3 is 2.17 bits per heavy atom. The van der Waals surface area contributed by atoms with E-state index >= 15 is 0 Å². The Balaban J connectivity index is 1.93. The number of aryl methyl sites for hydroxylation is 1. The van der Waals surface area contributed by atoms with Gasteiger partial charge in [0, 0.05) is 17.7 Å². The van der Waals surface area contributed by atoms with Crippen LogP contribution in [0.1, 0.15) is 33.3 Å². The number of hydrogen-bond acceptors (Lipinski definition) is 4. The van der Waals surface area contributed by atoms with Crippen LogP contribution in [0.4, 0.5) is 0 Å². The first kappa shape index (κ1) is 21.4. The molecule has 0 amide bonds. The summed E-state index contributed by atoms with van der Waals surface area (Å²) < 4.78 is 12.8. The van der Waals surface area contributed by atoms with Gasteiger partial charge in [-0.2, -0.15) is 0 Å². The highest BCUT2D eigenvalue weighted by Gasteiger charge is 2.20. The minimum absolute atomic E-state index is 0.343. The highest BCUT2D eigenvalue weighted by atomic mass is 16.6. The molecular weight excluding hydrogens is 376 g/mol. The number of nitrogens with zero attached hydrogens (tertiary/aromatic N) is 2. The average Bonchev–Trinajstić information content (AvgIpc) is 3.16. The molecule has 0 unspecified atom stereocenters. The predicted octanol–water partition coefficient (Wildman–Crippen LogP) is 5.60. The van der Waals surface area contributed by atoms with Crippen molar-refractivity contribution in [3.8, 4) is 28.3 Å². The first-order valence-corrected chi connectivity index (χ1v) is 9.96. The molecule has 0 fully saturated rings. The zero-order valence-electron chi connectivity index (χ0n) is 18.2. The molecule has 2 aromatic carbocycles. The molecule has 0 atom stereocenters. The first-order chi connectivity index (χ1) is 14.2. The summed E-state index contributed by atoms with van der Waals surface area (Å²) in [5.74, 6) is 0.396. The lowest BCUT2D eigenvalue weighted by Gasteiger charge is -2.20. The van der Waals surface area contributed by atoms with Crippen molar-refractivity contribution < 1.29 is 14.3 Å². The van der Waals surface area contributed by atoms with Crippen LogP contribution >= 0.6 is 0 Å². The lowest BCUT2D eigenvalue weighted by molar-refractivity contribution is -0.147. The fraction of sp³-hybridized carbons (Fsp3) is 0.280. The maximum Gasteiger partial charge on any atom is 0.338 e. The molecule has 0 spiro atoms. The molecule has 1 heterocycles. The van der Waals surface area contributed by atoms with Crippen molar-refractivity contribution in [3.63, 3.8) is 0 Å². The van der Waals surface area contributed by atoms with Crippen LogP contribution in [0.15, 0.2) is 61.4 Å². The topological polar surface area (TPSA) is 53.4 Å². The molecule has 0 aliphatic carbocycles. The molecule has 0 radical (unpaired) electrons. The maximum atomic E-state index is 12.3. The van der Waals surface area contributed by atoms with Crippen molar-refractivity contribution in [1.82, 2.24) is 9.55 Å². The van der Waals surface area contributed by atoms with E-state index < -0.39 is 11.6 Å². The zero-order valence-corrected chi connectivity index (χ0v) is 18.2. The van der Waals surface area contributed by atoms with E-state index in [-0.39, 0.29) is 0 Å². The number of ether oxygens (including phenoxy) is 2. The van der Waals surface area contributed by atoms with E-state index in [0.29, 0.717) is 5.57 Å². The summed E-state index contributed by atoms with van der Waals surface area (Å²) in [4.78, 5) is 17.0. The Hall–Kier alpha value is -3.34. The summed E-state index contributed by atoms with van der Waals surface area (Å²) in [6.07, 6.45) is 1.85. The monoisotopic (exact) mass is 404 g/mol. The zero-order chi connectivity index (χ0) is 21.9. The number of imidazole rings is 1. The van der Waals surface area contributed by atoms with Crippen molar-refractivity contribution in [2.24, 2.45) is 0 Å². The van der Waals surface area contributed by atoms with Crippen LogP contribution in [-0.2, 0) is 16.1 Å². The molecule has 0 bridgehead atoms. The van der Waals surface area contributed by atoms with Gasteiger partial charge in [0.05, 0.1) is 30.4 Å². The van der Waals surface area contributed by atoms with Crippen molar-refractivity contribution in [1.29, 1.82) is 0 Å². The second-order valence-corrected chi connectivity index (χ2v) is 8.01. The SMILES string of the molecule is C=C(C(=O)OC(C)(C)C)c1ccc(-c2c(-c3ccc(OC)cc3)ncn2CC)cc1. The van der Waals surface area contributed by atoms with Gasteiger partial charge in [-0.1, -0.05) is 30.8 Å². The van der Waals surface area contributed by atoms with Gasteiger partial charge in [0.1, 0.15) is 11.4 Å². The summed E-state index contributed by atoms with van der Waals surface area (Å²) >= 11 is 0. The number of benzene rings is 2. The summed E-state index contributed by atoms with van der Waals surface area (Å²) in [6.45, 7) is 12.3. The molecule has 5 heteroatoms. The third-order valence-electron chi connectivity index (χ3n) is 4.69. The van der Waals surface area contributed by atoms with Gasteiger partial charge in [-0.05, 0) is 57.5 Å². The third-order valence-corrected chi connectivity index (χ3v) is 4.69. The van der Waals surface area contributed by atoms with Gasteiger partial charge in [0.15, 0.2) is 0 Å². The van der Waals surface area contributed by atoms with Gasteiger partial charge in [0.2, 0.25) is 0 Å². The summed E-state index contributed by atoms with van der Waals surface area (Å²) in [6, 6.07) is 15.6. The summed E-state index contributed by atoms with van der Waals surface area (Å²) in [5.41, 5.74) is 4.48.